The van der Waals surface area contributed by atoms with Gasteiger partial charge in [-0.2, -0.15) is 0 Å². The summed E-state index contributed by atoms with van der Waals surface area (Å²) in [6.45, 7) is 6.64. The van der Waals surface area contributed by atoms with E-state index in [4.69, 9.17) is 9.84 Å². The summed E-state index contributed by atoms with van der Waals surface area (Å²) < 4.78 is 5.59. The van der Waals surface area contributed by atoms with E-state index in [2.05, 4.69) is 4.90 Å². The Balaban J connectivity index is 2.09. The van der Waals surface area contributed by atoms with Crippen molar-refractivity contribution in [3.8, 4) is 0 Å². The Morgan fingerprint density at radius 2 is 2.26 bits per heavy atom. The molecule has 0 atom stereocenters. The van der Waals surface area contributed by atoms with Crippen molar-refractivity contribution in [3.63, 3.8) is 0 Å². The van der Waals surface area contributed by atoms with Crippen LogP contribution in [0.5, 0.6) is 0 Å². The van der Waals surface area contributed by atoms with Crippen molar-refractivity contribution in [2.45, 2.75) is 32.8 Å². The Bertz CT molecular complexity index is 457. The molecule has 0 aromatic heterocycles. The average molecular weight is 263 g/mol. The fraction of sp³-hybridized carbons (Fsp3) is 0.533. The maximum atomic E-state index is 11.0. The van der Waals surface area contributed by atoms with Crippen molar-refractivity contribution in [1.29, 1.82) is 0 Å². The number of carboxylic acid groups (broad SMARTS) is 1. The van der Waals surface area contributed by atoms with Gasteiger partial charge in [0, 0.05) is 18.8 Å². The van der Waals surface area contributed by atoms with Crippen molar-refractivity contribution < 1.29 is 14.6 Å². The highest BCUT2D eigenvalue weighted by Gasteiger charge is 2.18. The molecular formula is C15H21NO3. The number of carbonyl (C=O) groups is 1. The standard InChI is InChI=1S/C15H21NO3/c1-11(2)19-9-8-16-7-3-4-12-10-13(15(17)18)5-6-14(12)16/h5-6,10-11H,3-4,7-9H2,1-2H3,(H,17,18). The van der Waals surface area contributed by atoms with Crippen molar-refractivity contribution in [3.05, 3.63) is 29.3 Å². The number of nitrogens with zero attached hydrogens (tertiary/aromatic N) is 1. The lowest BCUT2D eigenvalue weighted by Crippen LogP contribution is -2.33. The van der Waals surface area contributed by atoms with E-state index in [0.717, 1.165) is 37.2 Å². The third-order valence-electron chi connectivity index (χ3n) is 3.35. The first kappa shape index (κ1) is 13.9. The van der Waals surface area contributed by atoms with E-state index in [1.54, 1.807) is 12.1 Å². The molecule has 1 aliphatic rings. The van der Waals surface area contributed by atoms with Gasteiger partial charge in [0.05, 0.1) is 18.3 Å². The molecule has 0 bridgehead atoms. The summed E-state index contributed by atoms with van der Waals surface area (Å²) in [5.41, 5.74) is 2.67. The zero-order valence-electron chi connectivity index (χ0n) is 11.6. The van der Waals surface area contributed by atoms with Crippen molar-refractivity contribution in [1.82, 2.24) is 0 Å². The molecule has 0 radical (unpaired) electrons. The highest BCUT2D eigenvalue weighted by Crippen LogP contribution is 2.27. The van der Waals surface area contributed by atoms with E-state index >= 15 is 0 Å². The predicted molar refractivity (Wildman–Crippen MR) is 75.0 cm³/mol. The van der Waals surface area contributed by atoms with Crippen LogP contribution in [0.25, 0.3) is 0 Å². The lowest BCUT2D eigenvalue weighted by molar-refractivity contribution is 0.0696. The largest absolute Gasteiger partial charge is 0.478 e. The molecule has 1 heterocycles. The van der Waals surface area contributed by atoms with Crippen molar-refractivity contribution in [2.24, 2.45) is 0 Å². The molecule has 2 rings (SSSR count). The molecule has 0 saturated carbocycles. The number of hydrogen-bond acceptors (Lipinski definition) is 3. The summed E-state index contributed by atoms with van der Waals surface area (Å²) in [6.07, 6.45) is 2.27. The minimum absolute atomic E-state index is 0.249. The Kier molecular flexibility index (Phi) is 4.43. The van der Waals surface area contributed by atoms with Gasteiger partial charge in [-0.05, 0) is 50.5 Å². The SMILES string of the molecule is CC(C)OCCN1CCCc2cc(C(=O)O)ccc21. The molecular weight excluding hydrogens is 242 g/mol. The summed E-state index contributed by atoms with van der Waals surface area (Å²) in [6, 6.07) is 5.41. The van der Waals surface area contributed by atoms with Gasteiger partial charge in [-0.1, -0.05) is 0 Å². The van der Waals surface area contributed by atoms with E-state index < -0.39 is 5.97 Å². The van der Waals surface area contributed by atoms with Gasteiger partial charge in [-0.15, -0.1) is 0 Å². The lowest BCUT2D eigenvalue weighted by atomic mass is 9.99. The molecule has 19 heavy (non-hydrogen) atoms. The third-order valence-corrected chi connectivity index (χ3v) is 3.35. The molecule has 0 saturated heterocycles. The minimum atomic E-state index is -0.858. The van der Waals surface area contributed by atoms with E-state index in [9.17, 15) is 4.79 Å². The van der Waals surface area contributed by atoms with Gasteiger partial charge in [0.15, 0.2) is 0 Å². The van der Waals surface area contributed by atoms with Crippen LogP contribution in [-0.2, 0) is 11.2 Å². The van der Waals surface area contributed by atoms with Crippen LogP contribution in [0.2, 0.25) is 0 Å². The molecule has 4 nitrogen and oxygen atoms in total. The zero-order valence-corrected chi connectivity index (χ0v) is 11.6. The van der Waals surface area contributed by atoms with Crippen LogP contribution in [0.3, 0.4) is 0 Å². The smallest absolute Gasteiger partial charge is 0.335 e. The van der Waals surface area contributed by atoms with Crippen LogP contribution >= 0.6 is 0 Å². The Morgan fingerprint density at radius 1 is 1.47 bits per heavy atom. The first-order valence-corrected chi connectivity index (χ1v) is 6.80. The second-order valence-electron chi connectivity index (χ2n) is 5.16. The maximum absolute atomic E-state index is 11.0. The van der Waals surface area contributed by atoms with Gasteiger partial charge in [0.2, 0.25) is 0 Å². The number of aromatic carboxylic acids is 1. The number of hydrogen-bond donors (Lipinski definition) is 1. The summed E-state index contributed by atoms with van der Waals surface area (Å²) in [5, 5.41) is 9.02. The average Bonchev–Trinajstić information content (AvgIpc) is 2.37. The quantitative estimate of drug-likeness (QED) is 0.887. The fourth-order valence-electron chi connectivity index (χ4n) is 2.44. The lowest BCUT2D eigenvalue weighted by Gasteiger charge is -2.31. The zero-order chi connectivity index (χ0) is 13.8. The second kappa shape index (κ2) is 6.06. The third kappa shape index (κ3) is 3.47. The second-order valence-corrected chi connectivity index (χ2v) is 5.16. The van der Waals surface area contributed by atoms with Gasteiger partial charge in [-0.25, -0.2) is 4.79 Å². The summed E-state index contributed by atoms with van der Waals surface area (Å²) in [4.78, 5) is 13.3. The van der Waals surface area contributed by atoms with E-state index in [-0.39, 0.29) is 6.10 Å². The van der Waals surface area contributed by atoms with Gasteiger partial charge in [0.1, 0.15) is 0 Å². The monoisotopic (exact) mass is 263 g/mol. The van der Waals surface area contributed by atoms with Crippen molar-refractivity contribution in [2.75, 3.05) is 24.6 Å². The number of anilines is 1. The molecule has 0 fully saturated rings. The minimum Gasteiger partial charge on any atom is -0.478 e. The molecule has 0 amide bonds. The molecule has 104 valence electrons. The van der Waals surface area contributed by atoms with Crippen molar-refractivity contribution >= 4 is 11.7 Å². The summed E-state index contributed by atoms with van der Waals surface area (Å²) >= 11 is 0. The van der Waals surface area contributed by atoms with Crippen LogP contribution in [0, 0.1) is 0 Å². The number of fused-ring (bicyclic) bond motifs is 1. The molecule has 0 unspecified atom stereocenters. The first-order valence-electron chi connectivity index (χ1n) is 6.80. The van der Waals surface area contributed by atoms with Gasteiger partial charge in [0.25, 0.3) is 0 Å². The fourth-order valence-corrected chi connectivity index (χ4v) is 2.44. The van der Waals surface area contributed by atoms with E-state index in [1.165, 1.54) is 0 Å². The topological polar surface area (TPSA) is 49.8 Å². The van der Waals surface area contributed by atoms with Gasteiger partial charge < -0.3 is 14.7 Å². The normalized spacial score (nSPS) is 14.6. The number of rotatable bonds is 5. The van der Waals surface area contributed by atoms with Crippen LogP contribution in [0.4, 0.5) is 5.69 Å². The molecule has 1 aliphatic heterocycles. The highest BCUT2D eigenvalue weighted by atomic mass is 16.5. The molecule has 1 aromatic carbocycles. The molecule has 0 spiro atoms. The Hall–Kier alpha value is -1.55. The maximum Gasteiger partial charge on any atom is 0.335 e. The van der Waals surface area contributed by atoms with E-state index in [1.807, 2.05) is 19.9 Å². The Labute approximate surface area is 114 Å². The number of aryl methyl sites for hydroxylation is 1. The number of carboxylic acids is 1. The highest BCUT2D eigenvalue weighted by molar-refractivity contribution is 5.88. The summed E-state index contributed by atoms with van der Waals surface area (Å²) in [7, 11) is 0. The van der Waals surface area contributed by atoms with Gasteiger partial charge >= 0.3 is 5.97 Å². The molecule has 4 heteroatoms. The van der Waals surface area contributed by atoms with Crippen LogP contribution in [0.15, 0.2) is 18.2 Å². The van der Waals surface area contributed by atoms with Crippen LogP contribution < -0.4 is 4.90 Å². The Morgan fingerprint density at radius 3 is 2.95 bits per heavy atom. The van der Waals surface area contributed by atoms with Crippen LogP contribution in [-0.4, -0.2) is 36.9 Å². The number of ether oxygens (including phenoxy) is 1. The summed E-state index contributed by atoms with van der Waals surface area (Å²) in [5.74, 6) is -0.858. The predicted octanol–water partition coefficient (Wildman–Crippen LogP) is 2.56. The van der Waals surface area contributed by atoms with E-state index in [0.29, 0.717) is 12.2 Å². The van der Waals surface area contributed by atoms with Crippen LogP contribution in [0.1, 0.15) is 36.2 Å². The molecule has 1 N–H and O–H groups in total. The number of benzene rings is 1. The molecule has 0 aliphatic carbocycles. The van der Waals surface area contributed by atoms with Gasteiger partial charge in [-0.3, -0.25) is 0 Å². The molecule has 1 aromatic rings. The first-order chi connectivity index (χ1) is 9.08.